The fourth-order valence-corrected chi connectivity index (χ4v) is 4.54. The Morgan fingerprint density at radius 3 is 2.71 bits per heavy atom. The summed E-state index contributed by atoms with van der Waals surface area (Å²) in [4.78, 5) is 17.2. The van der Waals surface area contributed by atoms with Crippen LogP contribution in [0.25, 0.3) is 10.1 Å². The summed E-state index contributed by atoms with van der Waals surface area (Å²) in [6.45, 7) is 5.48. The molecule has 0 N–H and O–H groups in total. The van der Waals surface area contributed by atoms with Gasteiger partial charge in [-0.15, -0.1) is 0 Å². The quantitative estimate of drug-likeness (QED) is 0.855. The second kappa shape index (κ2) is 7.17. The first-order valence-corrected chi connectivity index (χ1v) is 9.51. The molecule has 1 aromatic carbocycles. The Labute approximate surface area is 146 Å². The zero-order valence-corrected chi connectivity index (χ0v) is 14.6. The van der Waals surface area contributed by atoms with E-state index in [-0.39, 0.29) is 5.91 Å². The molecule has 0 bridgehead atoms. The number of carbonyl (C=O) groups excluding carboxylic acids is 1. The van der Waals surface area contributed by atoms with Gasteiger partial charge in [0.15, 0.2) is 0 Å². The number of amides is 1. The summed E-state index contributed by atoms with van der Waals surface area (Å²) in [5.74, 6) is 0.214. The van der Waals surface area contributed by atoms with Crippen LogP contribution in [-0.4, -0.2) is 65.5 Å². The Bertz CT molecular complexity index is 703. The standard InChI is InChI=1S/C18H23N3O2S/c22-18(13-16-15-3-1-2-4-17(15)24-19-16)21-7-5-14(6-8-21)20-9-11-23-12-10-20/h1-4,14H,5-13H2. The number of aromatic nitrogens is 1. The van der Waals surface area contributed by atoms with Crippen molar-refractivity contribution in [3.8, 4) is 0 Å². The molecule has 24 heavy (non-hydrogen) atoms. The molecule has 0 unspecified atom stereocenters. The molecule has 2 aliphatic heterocycles. The minimum absolute atomic E-state index is 0.214. The van der Waals surface area contributed by atoms with Gasteiger partial charge in [-0.25, -0.2) is 0 Å². The van der Waals surface area contributed by atoms with Gasteiger partial charge in [0.2, 0.25) is 5.91 Å². The molecule has 5 nitrogen and oxygen atoms in total. The van der Waals surface area contributed by atoms with Crippen molar-refractivity contribution in [1.29, 1.82) is 0 Å². The van der Waals surface area contributed by atoms with E-state index in [0.29, 0.717) is 12.5 Å². The fraction of sp³-hybridized carbons (Fsp3) is 0.556. The first-order valence-electron chi connectivity index (χ1n) is 8.74. The van der Waals surface area contributed by atoms with Crippen molar-refractivity contribution >= 4 is 27.5 Å². The van der Waals surface area contributed by atoms with E-state index in [1.54, 1.807) is 0 Å². The highest BCUT2D eigenvalue weighted by atomic mass is 32.1. The predicted octanol–water partition coefficient (Wildman–Crippen LogP) is 2.16. The third-order valence-electron chi connectivity index (χ3n) is 5.15. The molecule has 4 rings (SSSR count). The van der Waals surface area contributed by atoms with Crippen molar-refractivity contribution in [3.63, 3.8) is 0 Å². The van der Waals surface area contributed by atoms with Gasteiger partial charge in [0.05, 0.1) is 30.0 Å². The van der Waals surface area contributed by atoms with Crippen LogP contribution >= 0.6 is 11.5 Å². The summed E-state index contributed by atoms with van der Waals surface area (Å²) in [6.07, 6.45) is 2.57. The van der Waals surface area contributed by atoms with Crippen LogP contribution in [0.5, 0.6) is 0 Å². The average Bonchev–Trinajstić information content (AvgIpc) is 3.06. The van der Waals surface area contributed by atoms with Gasteiger partial charge in [-0.05, 0) is 30.4 Å². The highest BCUT2D eigenvalue weighted by Gasteiger charge is 2.28. The van der Waals surface area contributed by atoms with E-state index >= 15 is 0 Å². The number of ether oxygens (including phenoxy) is 1. The van der Waals surface area contributed by atoms with Crippen LogP contribution in [0.15, 0.2) is 24.3 Å². The first-order chi connectivity index (χ1) is 11.8. The molecule has 1 aromatic heterocycles. The van der Waals surface area contributed by atoms with E-state index in [9.17, 15) is 4.79 Å². The molecule has 0 saturated carbocycles. The van der Waals surface area contributed by atoms with E-state index in [2.05, 4.69) is 21.4 Å². The van der Waals surface area contributed by atoms with E-state index in [1.165, 1.54) is 11.5 Å². The maximum atomic E-state index is 12.6. The molecule has 0 aliphatic carbocycles. The number of carbonyl (C=O) groups is 1. The highest BCUT2D eigenvalue weighted by molar-refractivity contribution is 7.13. The van der Waals surface area contributed by atoms with Gasteiger partial charge in [0, 0.05) is 37.6 Å². The Hall–Kier alpha value is -1.50. The lowest BCUT2D eigenvalue weighted by molar-refractivity contribution is -0.132. The fourth-order valence-electron chi connectivity index (χ4n) is 3.74. The molecule has 6 heteroatoms. The zero-order valence-electron chi connectivity index (χ0n) is 13.8. The topological polar surface area (TPSA) is 45.7 Å². The number of hydrogen-bond donors (Lipinski definition) is 0. The molecule has 2 saturated heterocycles. The maximum absolute atomic E-state index is 12.6. The highest BCUT2D eigenvalue weighted by Crippen LogP contribution is 2.24. The second-order valence-corrected chi connectivity index (χ2v) is 7.37. The molecule has 1 amide bonds. The molecular formula is C18H23N3O2S. The number of likely N-dealkylation sites (tertiary alicyclic amines) is 1. The Morgan fingerprint density at radius 2 is 1.92 bits per heavy atom. The summed E-state index contributed by atoms with van der Waals surface area (Å²) in [5, 5.41) is 1.12. The summed E-state index contributed by atoms with van der Waals surface area (Å²) in [6, 6.07) is 8.76. The number of fused-ring (bicyclic) bond motifs is 1. The molecule has 0 radical (unpaired) electrons. The normalized spacial score (nSPS) is 20.6. The molecule has 2 fully saturated rings. The lowest BCUT2D eigenvalue weighted by Gasteiger charge is -2.40. The van der Waals surface area contributed by atoms with Gasteiger partial charge in [0.25, 0.3) is 0 Å². The number of rotatable bonds is 3. The van der Waals surface area contributed by atoms with Crippen LogP contribution in [0.2, 0.25) is 0 Å². The molecule has 3 heterocycles. The predicted molar refractivity (Wildman–Crippen MR) is 95.3 cm³/mol. The van der Waals surface area contributed by atoms with E-state index < -0.39 is 0 Å². The number of morpholine rings is 1. The Kier molecular flexibility index (Phi) is 4.78. The van der Waals surface area contributed by atoms with Gasteiger partial charge in [0.1, 0.15) is 0 Å². The van der Waals surface area contributed by atoms with Crippen LogP contribution in [0.4, 0.5) is 0 Å². The zero-order chi connectivity index (χ0) is 16.4. The van der Waals surface area contributed by atoms with E-state index in [1.807, 2.05) is 17.0 Å². The summed E-state index contributed by atoms with van der Waals surface area (Å²) in [5.41, 5.74) is 0.927. The van der Waals surface area contributed by atoms with Crippen molar-refractivity contribution in [3.05, 3.63) is 30.0 Å². The van der Waals surface area contributed by atoms with Gasteiger partial charge in [-0.3, -0.25) is 9.69 Å². The number of piperidine rings is 1. The summed E-state index contributed by atoms with van der Waals surface area (Å²) < 4.78 is 11.1. The average molecular weight is 345 g/mol. The number of nitrogens with zero attached hydrogens (tertiary/aromatic N) is 3. The van der Waals surface area contributed by atoms with Crippen LogP contribution in [0.3, 0.4) is 0 Å². The largest absolute Gasteiger partial charge is 0.379 e. The van der Waals surface area contributed by atoms with Crippen molar-refractivity contribution in [2.24, 2.45) is 0 Å². The monoisotopic (exact) mass is 345 g/mol. The molecule has 0 atom stereocenters. The van der Waals surface area contributed by atoms with Crippen molar-refractivity contribution < 1.29 is 9.53 Å². The Balaban J connectivity index is 1.34. The van der Waals surface area contributed by atoms with Gasteiger partial charge < -0.3 is 9.64 Å². The van der Waals surface area contributed by atoms with Crippen LogP contribution in [-0.2, 0) is 16.0 Å². The van der Waals surface area contributed by atoms with E-state index in [0.717, 1.165) is 68.0 Å². The van der Waals surface area contributed by atoms with Crippen LogP contribution < -0.4 is 0 Å². The van der Waals surface area contributed by atoms with Crippen molar-refractivity contribution in [1.82, 2.24) is 14.2 Å². The summed E-state index contributed by atoms with van der Waals surface area (Å²) in [7, 11) is 0. The second-order valence-electron chi connectivity index (χ2n) is 6.56. The molecule has 128 valence electrons. The van der Waals surface area contributed by atoms with Crippen LogP contribution in [0.1, 0.15) is 18.5 Å². The molecule has 2 aromatic rings. The summed E-state index contributed by atoms with van der Waals surface area (Å²) >= 11 is 1.48. The van der Waals surface area contributed by atoms with Crippen LogP contribution in [0, 0.1) is 0 Å². The smallest absolute Gasteiger partial charge is 0.228 e. The maximum Gasteiger partial charge on any atom is 0.228 e. The third-order valence-corrected chi connectivity index (χ3v) is 6.01. The molecule has 2 aliphatic rings. The van der Waals surface area contributed by atoms with Gasteiger partial charge >= 0.3 is 0 Å². The lowest BCUT2D eigenvalue weighted by atomic mass is 10.0. The van der Waals surface area contributed by atoms with Gasteiger partial charge in [-0.2, -0.15) is 4.37 Å². The van der Waals surface area contributed by atoms with Crippen molar-refractivity contribution in [2.45, 2.75) is 25.3 Å². The number of benzene rings is 1. The third kappa shape index (κ3) is 3.31. The minimum Gasteiger partial charge on any atom is -0.379 e. The van der Waals surface area contributed by atoms with Crippen molar-refractivity contribution in [2.75, 3.05) is 39.4 Å². The van der Waals surface area contributed by atoms with Gasteiger partial charge in [-0.1, -0.05) is 18.2 Å². The minimum atomic E-state index is 0.214. The first kappa shape index (κ1) is 16.0. The SMILES string of the molecule is O=C(Cc1nsc2ccccc12)N1CCC(N2CCOCC2)CC1. The molecule has 0 spiro atoms. The molecular weight excluding hydrogens is 322 g/mol. The lowest BCUT2D eigenvalue weighted by Crippen LogP contribution is -2.50. The number of hydrogen-bond acceptors (Lipinski definition) is 5. The van der Waals surface area contributed by atoms with E-state index in [4.69, 9.17) is 4.74 Å². The Morgan fingerprint density at radius 1 is 1.17 bits per heavy atom.